The number of nitrogens with zero attached hydrogens (tertiary/aromatic N) is 2. The van der Waals surface area contributed by atoms with E-state index in [0.717, 1.165) is 22.4 Å². The molecule has 164 valence electrons. The lowest BCUT2D eigenvalue weighted by molar-refractivity contribution is 0.620. The summed E-state index contributed by atoms with van der Waals surface area (Å²) in [6, 6.07) is 44.6. The molecular weight excluding hydrogens is 427 g/mol. The SMILES string of the molecule is c1ccc(B2c3ccccc3N(c3ccc(-c4nc5ccccc5o4)cc3)c3ccccc32)cc1. The molecule has 0 unspecified atom stereocenters. The van der Waals surface area contributed by atoms with Gasteiger partial charge in [0.15, 0.2) is 5.58 Å². The van der Waals surface area contributed by atoms with Gasteiger partial charge in [0, 0.05) is 22.6 Å². The van der Waals surface area contributed by atoms with Gasteiger partial charge in [-0.1, -0.05) is 84.3 Å². The number of hydrogen-bond donors (Lipinski definition) is 0. The Morgan fingerprint density at radius 3 is 1.86 bits per heavy atom. The summed E-state index contributed by atoms with van der Waals surface area (Å²) in [7, 11) is 0. The lowest BCUT2D eigenvalue weighted by Gasteiger charge is -2.37. The highest BCUT2D eigenvalue weighted by Crippen LogP contribution is 2.36. The summed E-state index contributed by atoms with van der Waals surface area (Å²) in [4.78, 5) is 7.02. The van der Waals surface area contributed by atoms with Gasteiger partial charge in [-0.2, -0.15) is 0 Å². The quantitative estimate of drug-likeness (QED) is 0.320. The Bertz CT molecular complexity index is 1580. The van der Waals surface area contributed by atoms with Crippen LogP contribution in [-0.2, 0) is 0 Å². The van der Waals surface area contributed by atoms with Crippen LogP contribution in [-0.4, -0.2) is 11.7 Å². The van der Waals surface area contributed by atoms with Crippen LogP contribution in [0.25, 0.3) is 22.6 Å². The van der Waals surface area contributed by atoms with E-state index in [0.29, 0.717) is 5.89 Å². The van der Waals surface area contributed by atoms with Gasteiger partial charge in [-0.25, -0.2) is 4.98 Å². The fourth-order valence-electron chi connectivity index (χ4n) is 5.20. The van der Waals surface area contributed by atoms with Gasteiger partial charge in [-0.05, 0) is 59.5 Å². The van der Waals surface area contributed by atoms with Gasteiger partial charge in [0.1, 0.15) is 5.52 Å². The van der Waals surface area contributed by atoms with Crippen LogP contribution in [0.5, 0.6) is 0 Å². The molecule has 2 heterocycles. The van der Waals surface area contributed by atoms with Crippen molar-refractivity contribution in [2.45, 2.75) is 0 Å². The van der Waals surface area contributed by atoms with Crippen molar-refractivity contribution < 1.29 is 4.42 Å². The molecule has 1 aliphatic rings. The Labute approximate surface area is 204 Å². The number of oxazole rings is 1. The number of para-hydroxylation sites is 4. The minimum atomic E-state index is 0.193. The van der Waals surface area contributed by atoms with Crippen molar-refractivity contribution in [1.82, 2.24) is 4.98 Å². The number of aromatic nitrogens is 1. The van der Waals surface area contributed by atoms with Crippen LogP contribution in [0.15, 0.2) is 132 Å². The molecule has 0 bridgehead atoms. The first-order valence-electron chi connectivity index (χ1n) is 11.9. The van der Waals surface area contributed by atoms with Crippen LogP contribution in [0.3, 0.4) is 0 Å². The number of fused-ring (bicyclic) bond motifs is 3. The van der Waals surface area contributed by atoms with Crippen LogP contribution in [0.1, 0.15) is 0 Å². The van der Waals surface area contributed by atoms with E-state index in [2.05, 4.69) is 113 Å². The predicted molar refractivity (Wildman–Crippen MR) is 145 cm³/mol. The van der Waals surface area contributed by atoms with Gasteiger partial charge in [0.05, 0.1) is 0 Å². The molecule has 35 heavy (non-hydrogen) atoms. The van der Waals surface area contributed by atoms with Crippen molar-refractivity contribution in [3.05, 3.63) is 127 Å². The standard InChI is InChI=1S/C31H21BN2O/c1-2-10-23(11-3-1)32-25-12-4-7-15-28(25)34(29-16-8-5-13-26(29)32)24-20-18-22(19-21-24)31-33-27-14-6-9-17-30(27)35-31/h1-21H. The average Bonchev–Trinajstić information content (AvgIpc) is 3.37. The molecule has 0 N–H and O–H groups in total. The second-order valence-electron chi connectivity index (χ2n) is 8.83. The zero-order chi connectivity index (χ0) is 23.2. The Kier molecular flexibility index (Phi) is 4.56. The highest BCUT2D eigenvalue weighted by Gasteiger charge is 2.34. The molecule has 0 spiro atoms. The number of benzene rings is 5. The number of rotatable bonds is 3. The lowest BCUT2D eigenvalue weighted by atomic mass is 9.35. The molecule has 0 saturated carbocycles. The van der Waals surface area contributed by atoms with E-state index in [1.807, 2.05) is 24.3 Å². The van der Waals surface area contributed by atoms with Gasteiger partial charge in [-0.3, -0.25) is 0 Å². The lowest BCUT2D eigenvalue weighted by Crippen LogP contribution is -2.57. The molecule has 0 aliphatic carbocycles. The summed E-state index contributed by atoms with van der Waals surface area (Å²) >= 11 is 0. The number of hydrogen-bond acceptors (Lipinski definition) is 3. The van der Waals surface area contributed by atoms with Crippen molar-refractivity contribution in [1.29, 1.82) is 0 Å². The van der Waals surface area contributed by atoms with E-state index in [9.17, 15) is 0 Å². The molecule has 4 heteroatoms. The molecule has 3 nitrogen and oxygen atoms in total. The molecule has 7 rings (SSSR count). The average molecular weight is 448 g/mol. The third kappa shape index (κ3) is 3.26. The third-order valence-corrected chi connectivity index (χ3v) is 6.78. The van der Waals surface area contributed by atoms with Gasteiger partial charge >= 0.3 is 0 Å². The fraction of sp³-hybridized carbons (Fsp3) is 0. The summed E-state index contributed by atoms with van der Waals surface area (Å²) in [5, 5.41) is 0. The Hall–Kier alpha value is -4.57. The molecular formula is C31H21BN2O. The van der Waals surface area contributed by atoms with Crippen LogP contribution in [0.2, 0.25) is 0 Å². The van der Waals surface area contributed by atoms with E-state index < -0.39 is 0 Å². The van der Waals surface area contributed by atoms with Gasteiger partial charge < -0.3 is 9.32 Å². The van der Waals surface area contributed by atoms with E-state index in [1.54, 1.807) is 0 Å². The minimum Gasteiger partial charge on any atom is -0.436 e. The summed E-state index contributed by atoms with van der Waals surface area (Å²) in [5.41, 5.74) is 10.1. The van der Waals surface area contributed by atoms with Crippen molar-refractivity contribution in [2.75, 3.05) is 4.90 Å². The summed E-state index contributed by atoms with van der Waals surface area (Å²) in [6.45, 7) is 0.193. The minimum absolute atomic E-state index is 0.193. The molecule has 6 aromatic rings. The fourth-order valence-corrected chi connectivity index (χ4v) is 5.20. The van der Waals surface area contributed by atoms with Crippen LogP contribution in [0, 0.1) is 0 Å². The second-order valence-corrected chi connectivity index (χ2v) is 8.83. The van der Waals surface area contributed by atoms with E-state index in [1.165, 1.54) is 27.8 Å². The maximum absolute atomic E-state index is 5.99. The molecule has 0 saturated heterocycles. The van der Waals surface area contributed by atoms with Crippen molar-refractivity contribution >= 4 is 51.3 Å². The van der Waals surface area contributed by atoms with Crippen molar-refractivity contribution in [3.8, 4) is 11.5 Å². The first-order valence-corrected chi connectivity index (χ1v) is 11.9. The summed E-state index contributed by atoms with van der Waals surface area (Å²) in [6.07, 6.45) is 0. The highest BCUT2D eigenvalue weighted by molar-refractivity contribution is 6.98. The van der Waals surface area contributed by atoms with Crippen molar-refractivity contribution in [3.63, 3.8) is 0 Å². The Morgan fingerprint density at radius 2 is 1.17 bits per heavy atom. The number of anilines is 3. The van der Waals surface area contributed by atoms with Crippen LogP contribution >= 0.6 is 0 Å². The molecule has 0 radical (unpaired) electrons. The Morgan fingerprint density at radius 1 is 0.571 bits per heavy atom. The normalized spacial score (nSPS) is 12.5. The second kappa shape index (κ2) is 8.03. The highest BCUT2D eigenvalue weighted by atomic mass is 16.3. The monoisotopic (exact) mass is 448 g/mol. The first kappa shape index (κ1) is 19.9. The molecule has 0 fully saturated rings. The van der Waals surface area contributed by atoms with E-state index in [4.69, 9.17) is 4.42 Å². The summed E-state index contributed by atoms with van der Waals surface area (Å²) < 4.78 is 5.99. The zero-order valence-corrected chi connectivity index (χ0v) is 19.0. The summed E-state index contributed by atoms with van der Waals surface area (Å²) in [5.74, 6) is 0.640. The van der Waals surface area contributed by atoms with Crippen molar-refractivity contribution in [2.24, 2.45) is 0 Å². The molecule has 0 amide bonds. The largest absolute Gasteiger partial charge is 0.436 e. The maximum Gasteiger partial charge on any atom is 0.246 e. The smallest absolute Gasteiger partial charge is 0.246 e. The zero-order valence-electron chi connectivity index (χ0n) is 19.0. The van der Waals surface area contributed by atoms with Gasteiger partial charge in [-0.15, -0.1) is 0 Å². The van der Waals surface area contributed by atoms with E-state index in [-0.39, 0.29) is 6.71 Å². The van der Waals surface area contributed by atoms with Gasteiger partial charge in [0.25, 0.3) is 0 Å². The van der Waals surface area contributed by atoms with Crippen LogP contribution in [0.4, 0.5) is 17.1 Å². The molecule has 0 atom stereocenters. The molecule has 1 aliphatic heterocycles. The van der Waals surface area contributed by atoms with Gasteiger partial charge in [0.2, 0.25) is 12.6 Å². The first-order chi connectivity index (χ1) is 17.4. The molecule has 5 aromatic carbocycles. The van der Waals surface area contributed by atoms with Crippen LogP contribution < -0.4 is 21.3 Å². The molecule has 1 aromatic heterocycles. The Balaban J connectivity index is 1.35. The van der Waals surface area contributed by atoms with E-state index >= 15 is 0 Å². The predicted octanol–water partition coefficient (Wildman–Crippen LogP) is 5.79. The topological polar surface area (TPSA) is 29.3 Å². The third-order valence-electron chi connectivity index (χ3n) is 6.78. The maximum atomic E-state index is 5.99.